The lowest BCUT2D eigenvalue weighted by Gasteiger charge is -2.32. The van der Waals surface area contributed by atoms with Crippen molar-refractivity contribution >= 4 is 12.1 Å². The molecule has 174 valence electrons. The van der Waals surface area contributed by atoms with Crippen molar-refractivity contribution in [2.24, 2.45) is 0 Å². The first-order valence-corrected chi connectivity index (χ1v) is 11.2. The number of fused-ring (bicyclic) bond motifs is 3. The Morgan fingerprint density at radius 2 is 1.50 bits per heavy atom. The molecule has 1 fully saturated rings. The van der Waals surface area contributed by atoms with Crippen molar-refractivity contribution < 1.29 is 29.4 Å². The van der Waals surface area contributed by atoms with Gasteiger partial charge in [0.15, 0.2) is 5.54 Å². The lowest BCUT2D eigenvalue weighted by Crippen LogP contribution is -2.52. The summed E-state index contributed by atoms with van der Waals surface area (Å²) in [7, 11) is 0. The molecule has 0 radical (unpaired) electrons. The Morgan fingerprint density at radius 1 is 0.912 bits per heavy atom. The maximum atomic E-state index is 12.7. The molecule has 1 heterocycles. The molecular formula is C27H25NO6. The summed E-state index contributed by atoms with van der Waals surface area (Å²) >= 11 is 0. The van der Waals surface area contributed by atoms with Gasteiger partial charge < -0.3 is 19.8 Å². The van der Waals surface area contributed by atoms with Crippen LogP contribution in [0.5, 0.6) is 0 Å². The number of benzene rings is 3. The van der Waals surface area contributed by atoms with Crippen LogP contribution in [-0.2, 0) is 20.8 Å². The number of carboxylic acid groups (broad SMARTS) is 1. The number of hydroxylamine groups is 2. The highest BCUT2D eigenvalue weighted by atomic mass is 16.8. The van der Waals surface area contributed by atoms with E-state index in [1.165, 1.54) is 0 Å². The highest BCUT2D eigenvalue weighted by molar-refractivity contribution is 5.80. The van der Waals surface area contributed by atoms with E-state index in [9.17, 15) is 19.8 Å². The maximum Gasteiger partial charge on any atom is 0.527 e. The minimum absolute atomic E-state index is 0.0575. The van der Waals surface area contributed by atoms with Crippen molar-refractivity contribution in [1.29, 1.82) is 0 Å². The monoisotopic (exact) mass is 459 g/mol. The van der Waals surface area contributed by atoms with Crippen LogP contribution >= 0.6 is 0 Å². The van der Waals surface area contributed by atoms with Gasteiger partial charge in [0.2, 0.25) is 0 Å². The van der Waals surface area contributed by atoms with E-state index in [1.807, 2.05) is 66.7 Å². The molecule has 1 saturated heterocycles. The molecule has 2 aliphatic rings. The highest BCUT2D eigenvalue weighted by Crippen LogP contribution is 2.44. The van der Waals surface area contributed by atoms with Crippen molar-refractivity contribution in [1.82, 2.24) is 5.06 Å². The number of aliphatic hydroxyl groups excluding tert-OH is 1. The van der Waals surface area contributed by atoms with Gasteiger partial charge in [-0.15, -0.1) is 5.06 Å². The third-order valence-electron chi connectivity index (χ3n) is 6.68. The smallest absolute Gasteiger partial charge is 0.480 e. The topological polar surface area (TPSA) is 96.3 Å². The van der Waals surface area contributed by atoms with E-state index in [4.69, 9.17) is 9.57 Å². The molecule has 0 unspecified atom stereocenters. The fourth-order valence-corrected chi connectivity index (χ4v) is 5.12. The molecule has 0 aromatic heterocycles. The van der Waals surface area contributed by atoms with Crippen LogP contribution in [0.25, 0.3) is 11.1 Å². The minimum atomic E-state index is -1.58. The highest BCUT2D eigenvalue weighted by Gasteiger charge is 2.54. The predicted molar refractivity (Wildman–Crippen MR) is 124 cm³/mol. The van der Waals surface area contributed by atoms with Crippen molar-refractivity contribution in [3.8, 4) is 11.1 Å². The molecule has 0 spiro atoms. The van der Waals surface area contributed by atoms with E-state index < -0.39 is 23.8 Å². The molecule has 3 aromatic rings. The molecular weight excluding hydrogens is 434 g/mol. The Bertz CT molecular complexity index is 1170. The average molecular weight is 459 g/mol. The van der Waals surface area contributed by atoms with Gasteiger partial charge >= 0.3 is 12.1 Å². The number of aliphatic hydroxyl groups is 1. The normalized spacial score (nSPS) is 21.6. The summed E-state index contributed by atoms with van der Waals surface area (Å²) in [5.74, 6) is -1.31. The fourth-order valence-electron chi connectivity index (χ4n) is 5.12. The third kappa shape index (κ3) is 3.93. The number of β-amino-alcohol motifs (C(OH)–C–C–N with tert-alkyl or cyclic N) is 1. The second-order valence-electron chi connectivity index (χ2n) is 8.80. The lowest BCUT2D eigenvalue weighted by molar-refractivity contribution is -0.193. The van der Waals surface area contributed by atoms with Gasteiger partial charge in [-0.3, -0.25) is 4.79 Å². The quantitative estimate of drug-likeness (QED) is 0.538. The first kappa shape index (κ1) is 22.1. The largest absolute Gasteiger partial charge is 0.527 e. The van der Waals surface area contributed by atoms with Crippen LogP contribution in [0.15, 0.2) is 78.9 Å². The Morgan fingerprint density at radius 3 is 2.12 bits per heavy atom. The zero-order chi connectivity index (χ0) is 23.7. The van der Waals surface area contributed by atoms with Crippen LogP contribution in [0.3, 0.4) is 0 Å². The summed E-state index contributed by atoms with van der Waals surface area (Å²) < 4.78 is 5.48. The van der Waals surface area contributed by atoms with Gasteiger partial charge in [0.25, 0.3) is 0 Å². The first-order chi connectivity index (χ1) is 16.5. The SMILES string of the molecule is O=C(OCC1c2ccccc2-c2ccccc21)ON1C[C@H](O)C[C@@]1(Cc1ccccc1)C(=O)O. The Labute approximate surface area is 197 Å². The molecule has 3 aromatic carbocycles. The van der Waals surface area contributed by atoms with Gasteiger partial charge in [-0.05, 0) is 27.8 Å². The van der Waals surface area contributed by atoms with Crippen LogP contribution in [0, 0.1) is 0 Å². The van der Waals surface area contributed by atoms with Crippen LogP contribution in [-0.4, -0.2) is 52.2 Å². The number of ether oxygens (including phenoxy) is 1. The van der Waals surface area contributed by atoms with Crippen LogP contribution in [0.2, 0.25) is 0 Å². The van der Waals surface area contributed by atoms with Gasteiger partial charge in [-0.25, -0.2) is 4.79 Å². The zero-order valence-corrected chi connectivity index (χ0v) is 18.5. The molecule has 34 heavy (non-hydrogen) atoms. The molecule has 0 amide bonds. The van der Waals surface area contributed by atoms with Crippen molar-refractivity contribution in [2.75, 3.05) is 13.2 Å². The number of rotatable bonds is 6. The third-order valence-corrected chi connectivity index (χ3v) is 6.68. The Balaban J connectivity index is 1.31. The molecule has 7 nitrogen and oxygen atoms in total. The summed E-state index contributed by atoms with van der Waals surface area (Å²) in [6.45, 7) is -0.0503. The number of nitrogens with zero attached hydrogens (tertiary/aromatic N) is 1. The maximum absolute atomic E-state index is 12.7. The van der Waals surface area contributed by atoms with Gasteiger partial charge in [-0.1, -0.05) is 78.9 Å². The number of carbonyl (C=O) groups excluding carboxylic acids is 1. The molecule has 1 aliphatic heterocycles. The van der Waals surface area contributed by atoms with Gasteiger partial charge in [0, 0.05) is 18.8 Å². The summed E-state index contributed by atoms with van der Waals surface area (Å²) in [6.07, 6.45) is -1.92. The summed E-state index contributed by atoms with van der Waals surface area (Å²) in [4.78, 5) is 30.4. The average Bonchev–Trinajstić information content (AvgIpc) is 3.33. The van der Waals surface area contributed by atoms with Gasteiger partial charge in [0.05, 0.1) is 12.6 Å². The van der Waals surface area contributed by atoms with Gasteiger partial charge in [-0.2, -0.15) is 0 Å². The second-order valence-corrected chi connectivity index (χ2v) is 8.80. The first-order valence-electron chi connectivity index (χ1n) is 11.2. The summed E-state index contributed by atoms with van der Waals surface area (Å²) in [5.41, 5.74) is 3.53. The molecule has 7 heteroatoms. The Hall–Kier alpha value is -3.68. The number of carbonyl (C=O) groups is 2. The number of carboxylic acids is 1. The molecule has 0 bridgehead atoms. The summed E-state index contributed by atoms with van der Waals surface area (Å²) in [6, 6.07) is 25.0. The Kier molecular flexibility index (Phi) is 5.81. The molecule has 2 atom stereocenters. The van der Waals surface area contributed by atoms with Crippen LogP contribution in [0.4, 0.5) is 4.79 Å². The lowest BCUT2D eigenvalue weighted by atomic mass is 9.88. The standard InChI is InChI=1S/C27H25NO6/c29-19-15-27(25(30)31,14-18-8-2-1-3-9-18)28(16-19)34-26(32)33-17-24-22-12-6-4-10-20(22)21-11-5-7-13-23(21)24/h1-13,19,24,29H,14-17H2,(H,30,31)/t19-,27+/m1/s1. The van der Waals surface area contributed by atoms with Crippen LogP contribution < -0.4 is 0 Å². The second kappa shape index (κ2) is 8.93. The van der Waals surface area contributed by atoms with E-state index in [-0.39, 0.29) is 31.9 Å². The van der Waals surface area contributed by atoms with Crippen molar-refractivity contribution in [3.05, 3.63) is 95.6 Å². The number of hydrogen-bond acceptors (Lipinski definition) is 6. The van der Waals surface area contributed by atoms with Gasteiger partial charge in [0.1, 0.15) is 6.61 Å². The van der Waals surface area contributed by atoms with Crippen LogP contribution in [0.1, 0.15) is 29.0 Å². The zero-order valence-electron chi connectivity index (χ0n) is 18.5. The molecule has 1 aliphatic carbocycles. The van der Waals surface area contributed by atoms with Crippen molar-refractivity contribution in [3.63, 3.8) is 0 Å². The molecule has 5 rings (SSSR count). The molecule has 2 N–H and O–H groups in total. The van der Waals surface area contributed by atoms with E-state index in [2.05, 4.69) is 0 Å². The van der Waals surface area contributed by atoms with E-state index in [0.29, 0.717) is 0 Å². The fraction of sp³-hybridized carbons (Fsp3) is 0.259. The predicted octanol–water partition coefficient (Wildman–Crippen LogP) is 4.00. The summed E-state index contributed by atoms with van der Waals surface area (Å²) in [5, 5.41) is 21.4. The molecule has 0 saturated carbocycles. The minimum Gasteiger partial charge on any atom is -0.480 e. The number of hydrogen-bond donors (Lipinski definition) is 2. The number of aliphatic carboxylic acids is 1. The van der Waals surface area contributed by atoms with E-state index >= 15 is 0 Å². The van der Waals surface area contributed by atoms with E-state index in [1.54, 1.807) is 12.1 Å². The van der Waals surface area contributed by atoms with Crippen molar-refractivity contribution in [2.45, 2.75) is 30.4 Å². The van der Waals surface area contributed by atoms with E-state index in [0.717, 1.165) is 32.9 Å².